The SMILES string of the molecule is CCCCCCC(=O)C(CO)NC(=O)CCCCN=[N+]=[N-].CCCCCCC(=O)C(CO)NC(=O)CCCCN=[N+]=[N-]. The molecule has 0 bridgehead atoms. The maximum atomic E-state index is 11.9. The summed E-state index contributed by atoms with van der Waals surface area (Å²) < 4.78 is 0. The first-order valence-electron chi connectivity index (χ1n) is 15.2. The lowest BCUT2D eigenvalue weighted by Gasteiger charge is -2.15. The Balaban J connectivity index is 0. The van der Waals surface area contributed by atoms with Crippen LogP contribution in [0.2, 0.25) is 0 Å². The number of rotatable bonds is 26. The maximum Gasteiger partial charge on any atom is 0.220 e. The van der Waals surface area contributed by atoms with Crippen LogP contribution in [0.4, 0.5) is 0 Å². The van der Waals surface area contributed by atoms with Crippen LogP contribution in [0.25, 0.3) is 20.9 Å². The van der Waals surface area contributed by atoms with Gasteiger partial charge in [0, 0.05) is 48.6 Å². The van der Waals surface area contributed by atoms with Crippen molar-refractivity contribution in [3.05, 3.63) is 20.9 Å². The van der Waals surface area contributed by atoms with Gasteiger partial charge in [0.2, 0.25) is 11.8 Å². The van der Waals surface area contributed by atoms with Crippen LogP contribution in [-0.4, -0.2) is 72.0 Å². The number of azide groups is 2. The Bertz CT molecular complexity index is 776. The molecule has 0 aromatic carbocycles. The van der Waals surface area contributed by atoms with Gasteiger partial charge in [-0.3, -0.25) is 19.2 Å². The number of hydrogen-bond acceptors (Lipinski definition) is 8. The zero-order valence-corrected chi connectivity index (χ0v) is 25.5. The largest absolute Gasteiger partial charge is 0.394 e. The molecule has 14 heteroatoms. The van der Waals surface area contributed by atoms with E-state index in [1.807, 2.05) is 0 Å². The van der Waals surface area contributed by atoms with Gasteiger partial charge in [0.1, 0.15) is 12.1 Å². The van der Waals surface area contributed by atoms with E-state index in [9.17, 15) is 29.4 Å². The lowest BCUT2D eigenvalue weighted by atomic mass is 10.1. The highest BCUT2D eigenvalue weighted by Gasteiger charge is 2.20. The summed E-state index contributed by atoms with van der Waals surface area (Å²) >= 11 is 0. The lowest BCUT2D eigenvalue weighted by Crippen LogP contribution is -2.43. The molecule has 0 fully saturated rings. The molecular formula is C28H52N8O6. The molecule has 0 heterocycles. The van der Waals surface area contributed by atoms with Crippen LogP contribution in [0.1, 0.15) is 117 Å². The molecule has 42 heavy (non-hydrogen) atoms. The molecule has 0 saturated heterocycles. The summed E-state index contributed by atoms with van der Waals surface area (Å²) in [6.07, 6.45) is 11.7. The molecule has 0 aromatic heterocycles. The Kier molecular flexibility index (Phi) is 30.0. The molecule has 0 spiro atoms. The third-order valence-corrected chi connectivity index (χ3v) is 6.32. The van der Waals surface area contributed by atoms with Gasteiger partial charge in [-0.15, -0.1) is 0 Å². The fraction of sp³-hybridized carbons (Fsp3) is 0.857. The van der Waals surface area contributed by atoms with Crippen LogP contribution in [0.3, 0.4) is 0 Å². The number of amides is 2. The number of ketones is 2. The van der Waals surface area contributed by atoms with Gasteiger partial charge in [0.05, 0.1) is 13.2 Å². The van der Waals surface area contributed by atoms with Crippen molar-refractivity contribution in [3.63, 3.8) is 0 Å². The summed E-state index contributed by atoms with van der Waals surface area (Å²) in [6, 6.07) is -1.59. The van der Waals surface area contributed by atoms with Gasteiger partial charge in [0.25, 0.3) is 0 Å². The minimum Gasteiger partial charge on any atom is -0.394 e. The van der Waals surface area contributed by atoms with Crippen molar-refractivity contribution in [2.45, 2.75) is 129 Å². The second-order valence-corrected chi connectivity index (χ2v) is 9.98. The fourth-order valence-corrected chi connectivity index (χ4v) is 3.81. The van der Waals surface area contributed by atoms with Gasteiger partial charge in [-0.05, 0) is 49.6 Å². The topological polar surface area (TPSA) is 230 Å². The Labute approximate surface area is 249 Å². The number of aliphatic hydroxyl groups excluding tert-OH is 2. The molecule has 0 aliphatic rings. The van der Waals surface area contributed by atoms with E-state index in [0.29, 0.717) is 51.6 Å². The highest BCUT2D eigenvalue weighted by atomic mass is 16.3. The Morgan fingerprint density at radius 2 is 0.952 bits per heavy atom. The predicted molar refractivity (Wildman–Crippen MR) is 161 cm³/mol. The Morgan fingerprint density at radius 1 is 0.595 bits per heavy atom. The number of nitrogens with zero attached hydrogens (tertiary/aromatic N) is 6. The third kappa shape index (κ3) is 25.8. The van der Waals surface area contributed by atoms with Gasteiger partial charge in [-0.2, -0.15) is 0 Å². The van der Waals surface area contributed by atoms with Crippen molar-refractivity contribution in [1.82, 2.24) is 10.6 Å². The Morgan fingerprint density at radius 3 is 1.26 bits per heavy atom. The molecule has 240 valence electrons. The van der Waals surface area contributed by atoms with Crippen molar-refractivity contribution < 1.29 is 29.4 Å². The summed E-state index contributed by atoms with van der Waals surface area (Å²) in [5.74, 6) is -0.735. The smallest absolute Gasteiger partial charge is 0.220 e. The van der Waals surface area contributed by atoms with E-state index in [1.165, 1.54) is 0 Å². The van der Waals surface area contributed by atoms with E-state index in [4.69, 9.17) is 11.1 Å². The van der Waals surface area contributed by atoms with Crippen LogP contribution in [0.5, 0.6) is 0 Å². The Hall–Kier alpha value is -3.18. The van der Waals surface area contributed by atoms with Crippen molar-refractivity contribution in [1.29, 1.82) is 0 Å². The highest BCUT2D eigenvalue weighted by molar-refractivity contribution is 5.89. The zero-order valence-electron chi connectivity index (χ0n) is 25.5. The fourth-order valence-electron chi connectivity index (χ4n) is 3.81. The van der Waals surface area contributed by atoms with Crippen molar-refractivity contribution >= 4 is 23.4 Å². The van der Waals surface area contributed by atoms with E-state index in [1.54, 1.807) is 0 Å². The molecule has 2 atom stereocenters. The van der Waals surface area contributed by atoms with E-state index >= 15 is 0 Å². The molecule has 0 aliphatic heterocycles. The van der Waals surface area contributed by atoms with Gasteiger partial charge in [0.15, 0.2) is 11.6 Å². The van der Waals surface area contributed by atoms with Gasteiger partial charge < -0.3 is 20.8 Å². The van der Waals surface area contributed by atoms with Crippen LogP contribution < -0.4 is 10.6 Å². The van der Waals surface area contributed by atoms with Gasteiger partial charge in [-0.25, -0.2) is 0 Å². The molecule has 2 amide bonds. The average Bonchev–Trinajstić information content (AvgIpc) is 2.98. The number of hydrogen-bond donors (Lipinski definition) is 4. The molecule has 0 radical (unpaired) electrons. The zero-order chi connectivity index (χ0) is 31.8. The third-order valence-electron chi connectivity index (χ3n) is 6.32. The molecule has 0 saturated carbocycles. The van der Waals surface area contributed by atoms with E-state index in [2.05, 4.69) is 44.5 Å². The first-order chi connectivity index (χ1) is 20.3. The standard InChI is InChI=1S/2C14H26N4O3/c2*1-2-3-4-5-8-13(20)12(11-19)17-14(21)9-6-7-10-16-18-15/h2*12,19H,2-11H2,1H3,(H,17,21). The maximum absolute atomic E-state index is 11.9. The van der Waals surface area contributed by atoms with E-state index in [0.717, 1.165) is 51.4 Å². The van der Waals surface area contributed by atoms with Crippen LogP contribution in [-0.2, 0) is 19.2 Å². The first kappa shape index (κ1) is 41.0. The van der Waals surface area contributed by atoms with Crippen LogP contribution in [0.15, 0.2) is 10.2 Å². The quantitative estimate of drug-likeness (QED) is 0.0465. The van der Waals surface area contributed by atoms with Crippen LogP contribution in [0, 0.1) is 0 Å². The minimum absolute atomic E-state index is 0.115. The van der Waals surface area contributed by atoms with E-state index < -0.39 is 12.1 Å². The number of carbonyl (C=O) groups is 4. The molecule has 0 aromatic rings. The average molecular weight is 597 g/mol. The summed E-state index contributed by atoms with van der Waals surface area (Å²) in [5.41, 5.74) is 16.2. The summed E-state index contributed by atoms with van der Waals surface area (Å²) in [6.45, 7) is 4.20. The summed E-state index contributed by atoms with van der Waals surface area (Å²) in [4.78, 5) is 52.3. The molecule has 0 rings (SSSR count). The van der Waals surface area contributed by atoms with Crippen molar-refractivity contribution in [2.75, 3.05) is 26.3 Å². The number of Topliss-reactive ketones (excluding diaryl/α,β-unsaturated/α-hetero) is 2. The predicted octanol–water partition coefficient (Wildman–Crippen LogP) is 4.97. The van der Waals surface area contributed by atoms with Gasteiger partial charge >= 0.3 is 0 Å². The van der Waals surface area contributed by atoms with Crippen LogP contribution >= 0.6 is 0 Å². The molecular weight excluding hydrogens is 544 g/mol. The monoisotopic (exact) mass is 596 g/mol. The molecule has 2 unspecified atom stereocenters. The lowest BCUT2D eigenvalue weighted by molar-refractivity contribution is -0.128. The second-order valence-electron chi connectivity index (χ2n) is 9.98. The number of aliphatic hydroxyl groups is 2. The number of unbranched alkanes of at least 4 members (excludes halogenated alkanes) is 8. The van der Waals surface area contributed by atoms with Crippen molar-refractivity contribution in [2.24, 2.45) is 10.2 Å². The molecule has 14 nitrogen and oxygen atoms in total. The second kappa shape index (κ2) is 30.8. The minimum atomic E-state index is -0.795. The normalized spacial score (nSPS) is 11.5. The highest BCUT2D eigenvalue weighted by Crippen LogP contribution is 2.07. The van der Waals surface area contributed by atoms with Crippen molar-refractivity contribution in [3.8, 4) is 0 Å². The number of carbonyl (C=O) groups excluding carboxylic acids is 4. The number of nitrogens with one attached hydrogen (secondary N) is 2. The summed E-state index contributed by atoms with van der Waals surface area (Å²) in [5, 5.41) is 30.3. The summed E-state index contributed by atoms with van der Waals surface area (Å²) in [7, 11) is 0. The molecule has 4 N–H and O–H groups in total. The first-order valence-corrected chi connectivity index (χ1v) is 15.2. The van der Waals surface area contributed by atoms with Gasteiger partial charge in [-0.1, -0.05) is 62.6 Å². The van der Waals surface area contributed by atoms with E-state index in [-0.39, 0.29) is 49.4 Å². The molecule has 0 aliphatic carbocycles.